The van der Waals surface area contributed by atoms with Crippen molar-refractivity contribution in [2.24, 2.45) is 0 Å². The van der Waals surface area contributed by atoms with Crippen LogP contribution in [-0.2, 0) is 6.54 Å². The van der Waals surface area contributed by atoms with E-state index in [0.29, 0.717) is 17.1 Å². The first-order chi connectivity index (χ1) is 17.0. The molecule has 0 saturated carbocycles. The zero-order chi connectivity index (χ0) is 24.6. The Kier molecular flexibility index (Phi) is 7.89. The Hall–Kier alpha value is -3.98. The van der Waals surface area contributed by atoms with Gasteiger partial charge in [0.25, 0.3) is 0 Å². The molecule has 2 amide bonds. The lowest BCUT2D eigenvalue weighted by atomic mass is 10.2. The van der Waals surface area contributed by atoms with Crippen molar-refractivity contribution in [3.63, 3.8) is 0 Å². The molecule has 3 N–H and O–H groups in total. The van der Waals surface area contributed by atoms with Gasteiger partial charge in [0.2, 0.25) is 0 Å². The Labute approximate surface area is 205 Å². The van der Waals surface area contributed by atoms with E-state index in [0.717, 1.165) is 56.3 Å². The summed E-state index contributed by atoms with van der Waals surface area (Å²) in [6.07, 6.45) is 2.69. The summed E-state index contributed by atoms with van der Waals surface area (Å²) in [7, 11) is 3.16. The van der Waals surface area contributed by atoms with Crippen LogP contribution >= 0.6 is 0 Å². The van der Waals surface area contributed by atoms with E-state index in [9.17, 15) is 9.90 Å². The van der Waals surface area contributed by atoms with E-state index < -0.39 is 0 Å². The average molecular weight is 478 g/mol. The molecule has 35 heavy (non-hydrogen) atoms. The van der Waals surface area contributed by atoms with Gasteiger partial charge in [-0.3, -0.25) is 4.90 Å². The normalized spacial score (nSPS) is 14.2. The molecule has 0 spiro atoms. The van der Waals surface area contributed by atoms with Gasteiger partial charge in [0.1, 0.15) is 11.6 Å². The summed E-state index contributed by atoms with van der Waals surface area (Å²) in [6, 6.07) is 16.1. The predicted octanol–water partition coefficient (Wildman–Crippen LogP) is 4.16. The summed E-state index contributed by atoms with van der Waals surface area (Å²) in [6.45, 7) is 4.43. The highest BCUT2D eigenvalue weighted by molar-refractivity contribution is 5.99. The van der Waals surface area contributed by atoms with Gasteiger partial charge in [-0.2, -0.15) is 0 Å². The maximum absolute atomic E-state index is 12.3. The molecule has 0 aliphatic carbocycles. The van der Waals surface area contributed by atoms with Gasteiger partial charge in [0.05, 0.1) is 26.1 Å². The minimum absolute atomic E-state index is 0.153. The number of amides is 2. The van der Waals surface area contributed by atoms with Crippen molar-refractivity contribution >= 4 is 23.2 Å². The van der Waals surface area contributed by atoms with Gasteiger partial charge in [-0.05, 0) is 60.5 Å². The Bertz CT molecular complexity index is 1120. The molecule has 1 aromatic heterocycles. The summed E-state index contributed by atoms with van der Waals surface area (Å²) < 4.78 is 10.4. The van der Waals surface area contributed by atoms with Crippen LogP contribution in [0.2, 0.25) is 0 Å². The fourth-order valence-electron chi connectivity index (χ4n) is 4.05. The van der Waals surface area contributed by atoms with Crippen LogP contribution < -0.4 is 25.0 Å². The van der Waals surface area contributed by atoms with Crippen molar-refractivity contribution < 1.29 is 19.4 Å². The smallest absolute Gasteiger partial charge is 0.323 e. The second-order valence-electron chi connectivity index (χ2n) is 8.34. The standard InChI is InChI=1S/C26H31N5O4/c1-34-22-8-5-20(6-9-22)28-26(33)29-21-7-11-25(27-17-21)31-13-3-12-30(14-15-31)18-19-4-10-23(32)24(16-19)35-2/h4-11,16-17,32H,3,12-15,18H2,1-2H3,(H2,28,29,33). The maximum Gasteiger partial charge on any atom is 0.323 e. The first-order valence-corrected chi connectivity index (χ1v) is 11.6. The quantitative estimate of drug-likeness (QED) is 0.470. The van der Waals surface area contributed by atoms with Crippen molar-refractivity contribution in [2.45, 2.75) is 13.0 Å². The van der Waals surface area contributed by atoms with E-state index in [4.69, 9.17) is 9.47 Å². The highest BCUT2D eigenvalue weighted by atomic mass is 16.5. The molecule has 1 aliphatic rings. The molecule has 0 radical (unpaired) electrons. The van der Waals surface area contributed by atoms with Crippen LogP contribution in [0.5, 0.6) is 17.2 Å². The number of nitrogens with zero attached hydrogens (tertiary/aromatic N) is 3. The fourth-order valence-corrected chi connectivity index (χ4v) is 4.05. The fraction of sp³-hybridized carbons (Fsp3) is 0.308. The van der Waals surface area contributed by atoms with E-state index in [1.54, 1.807) is 50.7 Å². The molecule has 4 rings (SSSR count). The third-order valence-corrected chi connectivity index (χ3v) is 5.92. The molecule has 2 heterocycles. The number of urea groups is 1. The van der Waals surface area contributed by atoms with Gasteiger partial charge in [0.15, 0.2) is 11.5 Å². The van der Waals surface area contributed by atoms with Crippen LogP contribution in [0.3, 0.4) is 0 Å². The number of nitrogens with one attached hydrogen (secondary N) is 2. The lowest BCUT2D eigenvalue weighted by Gasteiger charge is -2.23. The second-order valence-corrected chi connectivity index (χ2v) is 8.34. The van der Waals surface area contributed by atoms with Crippen LogP contribution in [0.15, 0.2) is 60.8 Å². The molecule has 0 atom stereocenters. The molecular weight excluding hydrogens is 446 g/mol. The number of methoxy groups -OCH3 is 2. The number of pyridine rings is 1. The number of rotatable bonds is 7. The number of carbonyl (C=O) groups is 1. The Balaban J connectivity index is 1.29. The first-order valence-electron chi connectivity index (χ1n) is 11.6. The molecule has 0 bridgehead atoms. The zero-order valence-electron chi connectivity index (χ0n) is 20.0. The minimum Gasteiger partial charge on any atom is -0.504 e. The molecule has 3 aromatic rings. The maximum atomic E-state index is 12.3. The minimum atomic E-state index is -0.332. The highest BCUT2D eigenvalue weighted by Gasteiger charge is 2.17. The number of aromatic hydroxyl groups is 1. The van der Waals surface area contributed by atoms with Crippen LogP contribution in [0, 0.1) is 0 Å². The molecule has 1 aliphatic heterocycles. The summed E-state index contributed by atoms with van der Waals surface area (Å²) >= 11 is 0. The van der Waals surface area contributed by atoms with Crippen LogP contribution in [0.25, 0.3) is 0 Å². The zero-order valence-corrected chi connectivity index (χ0v) is 20.0. The number of hydrogen-bond donors (Lipinski definition) is 3. The van der Waals surface area contributed by atoms with Crippen LogP contribution in [0.4, 0.5) is 22.0 Å². The summed E-state index contributed by atoms with van der Waals surface area (Å²) in [5, 5.41) is 15.4. The Morgan fingerprint density at radius 1 is 0.943 bits per heavy atom. The molecule has 1 saturated heterocycles. The lowest BCUT2D eigenvalue weighted by molar-refractivity contribution is 0.262. The van der Waals surface area contributed by atoms with Gasteiger partial charge < -0.3 is 30.1 Å². The summed E-state index contributed by atoms with van der Waals surface area (Å²) in [5.41, 5.74) is 2.40. The number of ether oxygens (including phenoxy) is 2. The lowest BCUT2D eigenvalue weighted by Crippen LogP contribution is -2.31. The first kappa shape index (κ1) is 24.2. The molecule has 184 valence electrons. The summed E-state index contributed by atoms with van der Waals surface area (Å²) in [5.74, 6) is 2.27. The van der Waals surface area contributed by atoms with Gasteiger partial charge in [-0.15, -0.1) is 0 Å². The van der Waals surface area contributed by atoms with E-state index >= 15 is 0 Å². The molecule has 9 nitrogen and oxygen atoms in total. The Morgan fingerprint density at radius 2 is 1.71 bits per heavy atom. The molecular formula is C26H31N5O4. The number of hydrogen-bond acceptors (Lipinski definition) is 7. The van der Waals surface area contributed by atoms with E-state index in [1.807, 2.05) is 24.3 Å². The van der Waals surface area contributed by atoms with Gasteiger partial charge in [0, 0.05) is 38.4 Å². The predicted molar refractivity (Wildman–Crippen MR) is 137 cm³/mol. The number of carbonyl (C=O) groups excluding carboxylic acids is 1. The van der Waals surface area contributed by atoms with Crippen molar-refractivity contribution in [3.8, 4) is 17.2 Å². The molecule has 2 aromatic carbocycles. The highest BCUT2D eigenvalue weighted by Crippen LogP contribution is 2.27. The van der Waals surface area contributed by atoms with Crippen LogP contribution in [0.1, 0.15) is 12.0 Å². The number of benzene rings is 2. The second kappa shape index (κ2) is 11.4. The molecule has 0 unspecified atom stereocenters. The largest absolute Gasteiger partial charge is 0.504 e. The number of anilines is 3. The monoisotopic (exact) mass is 477 g/mol. The van der Waals surface area contributed by atoms with Gasteiger partial charge in [-0.25, -0.2) is 9.78 Å². The number of aromatic nitrogens is 1. The van der Waals surface area contributed by atoms with Gasteiger partial charge >= 0.3 is 6.03 Å². The van der Waals surface area contributed by atoms with E-state index in [2.05, 4.69) is 25.4 Å². The average Bonchev–Trinajstić information content (AvgIpc) is 3.11. The third-order valence-electron chi connectivity index (χ3n) is 5.92. The van der Waals surface area contributed by atoms with Crippen LogP contribution in [-0.4, -0.2) is 61.4 Å². The van der Waals surface area contributed by atoms with E-state index in [-0.39, 0.29) is 11.8 Å². The molecule has 1 fully saturated rings. The van der Waals surface area contributed by atoms with Crippen molar-refractivity contribution in [1.82, 2.24) is 9.88 Å². The van der Waals surface area contributed by atoms with E-state index in [1.165, 1.54) is 0 Å². The topological polar surface area (TPSA) is 99.2 Å². The number of phenolic OH excluding ortho intramolecular Hbond substituents is 1. The Morgan fingerprint density at radius 3 is 2.43 bits per heavy atom. The van der Waals surface area contributed by atoms with Gasteiger partial charge in [-0.1, -0.05) is 6.07 Å². The number of phenols is 1. The SMILES string of the molecule is COc1ccc(NC(=O)Nc2ccc(N3CCCN(Cc4ccc(O)c(OC)c4)CC3)nc2)cc1. The van der Waals surface area contributed by atoms with Crippen molar-refractivity contribution in [2.75, 3.05) is 55.9 Å². The molecule has 9 heteroatoms. The van der Waals surface area contributed by atoms with Crippen molar-refractivity contribution in [1.29, 1.82) is 0 Å². The summed E-state index contributed by atoms with van der Waals surface area (Å²) in [4.78, 5) is 21.5. The van der Waals surface area contributed by atoms with Crippen molar-refractivity contribution in [3.05, 3.63) is 66.4 Å². The third kappa shape index (κ3) is 6.54.